The van der Waals surface area contributed by atoms with Crippen LogP contribution in [0.15, 0.2) is 0 Å². The second-order valence-corrected chi connectivity index (χ2v) is 6.52. The Kier molecular flexibility index (Phi) is 28.5. The third-order valence-corrected chi connectivity index (χ3v) is 2.46. The fourth-order valence-electron chi connectivity index (χ4n) is 1.56. The molecule has 140 valence electrons. The van der Waals surface area contributed by atoms with Gasteiger partial charge in [-0.25, -0.2) is 0 Å². The van der Waals surface area contributed by atoms with Crippen LogP contribution in [-0.2, 0) is 20.8 Å². The van der Waals surface area contributed by atoms with Crippen LogP contribution in [0.3, 0.4) is 0 Å². The van der Waals surface area contributed by atoms with Crippen LogP contribution in [0.5, 0.6) is 0 Å². The molecule has 0 aromatic carbocycles. The van der Waals surface area contributed by atoms with E-state index in [4.69, 9.17) is 35.0 Å². The third-order valence-electron chi connectivity index (χ3n) is 2.46. The number of unbranched alkanes of at least 4 members (excludes halogenated alkanes) is 9. The van der Waals surface area contributed by atoms with Crippen molar-refractivity contribution < 1.29 is 66.0 Å². The zero-order valence-electron chi connectivity index (χ0n) is 15.3. The van der Waals surface area contributed by atoms with Gasteiger partial charge < -0.3 is 1.43 Å². The number of rotatable bonds is 9. The van der Waals surface area contributed by atoms with Gasteiger partial charge in [0.15, 0.2) is 0 Å². The van der Waals surface area contributed by atoms with E-state index in [2.05, 4.69) is 13.8 Å². The predicted octanol–water partition coefficient (Wildman–Crippen LogP) is 0.738. The Morgan fingerprint density at radius 3 is 0.826 bits per heavy atom. The van der Waals surface area contributed by atoms with Crippen molar-refractivity contribution in [3.63, 3.8) is 0 Å². The Morgan fingerprint density at radius 1 is 0.565 bits per heavy atom. The Hall–Kier alpha value is 0.740. The molecule has 11 heteroatoms. The van der Waals surface area contributed by atoms with Gasteiger partial charge in [-0.3, -0.25) is 18.2 Å². The van der Waals surface area contributed by atoms with Gasteiger partial charge in [-0.05, 0) is 0 Å². The fraction of sp³-hybridized carbons (Fsp3) is 1.00. The van der Waals surface area contributed by atoms with Crippen LogP contribution in [0.4, 0.5) is 0 Å². The van der Waals surface area contributed by atoms with E-state index < -0.39 is 20.8 Å². The molecule has 0 rings (SSSR count). The standard InChI is InChI=1S/C12H26.Na.2H2O4S.H/c1-3-5-7-9-11-12-10-8-6-4-2;;2*1-5(2,3)4;/h3-12H2,1-2H3;;2*(H2,1,2,3,4);/q;+1;;;-1. The molecule has 0 saturated heterocycles. The minimum absolute atomic E-state index is 0. The van der Waals surface area contributed by atoms with E-state index in [0.717, 1.165) is 0 Å². The van der Waals surface area contributed by atoms with Gasteiger partial charge in [0.25, 0.3) is 0 Å². The van der Waals surface area contributed by atoms with Crippen LogP contribution in [0.25, 0.3) is 0 Å². The van der Waals surface area contributed by atoms with Crippen molar-refractivity contribution in [2.45, 2.75) is 78.1 Å². The van der Waals surface area contributed by atoms with Crippen LogP contribution < -0.4 is 29.6 Å². The van der Waals surface area contributed by atoms with Crippen molar-refractivity contribution in [1.82, 2.24) is 0 Å². The molecule has 4 N–H and O–H groups in total. The summed E-state index contributed by atoms with van der Waals surface area (Å²) in [6, 6.07) is 0. The summed E-state index contributed by atoms with van der Waals surface area (Å²) >= 11 is 0. The molecule has 0 aromatic rings. The first-order chi connectivity index (χ1) is 9.91. The number of hydrogen-bond acceptors (Lipinski definition) is 4. The maximum atomic E-state index is 8.74. The molecular formula is C12H31NaO8S2. The largest absolute Gasteiger partial charge is 1.00 e. The van der Waals surface area contributed by atoms with Crippen molar-refractivity contribution in [2.24, 2.45) is 0 Å². The molecule has 0 aromatic heterocycles. The molecule has 0 fully saturated rings. The van der Waals surface area contributed by atoms with Gasteiger partial charge in [0, 0.05) is 0 Å². The van der Waals surface area contributed by atoms with Crippen LogP contribution in [0.1, 0.15) is 79.5 Å². The van der Waals surface area contributed by atoms with Crippen LogP contribution >= 0.6 is 0 Å². The molecule has 0 amide bonds. The Balaban J connectivity index is -0.0000000847. The van der Waals surface area contributed by atoms with E-state index >= 15 is 0 Å². The molecular weight excluding hydrogens is 359 g/mol. The molecule has 8 nitrogen and oxygen atoms in total. The topological polar surface area (TPSA) is 149 Å². The quantitative estimate of drug-likeness (QED) is 0.256. The minimum Gasteiger partial charge on any atom is -1.00 e. The average Bonchev–Trinajstić information content (AvgIpc) is 2.28. The van der Waals surface area contributed by atoms with Gasteiger partial charge in [-0.1, -0.05) is 78.1 Å². The van der Waals surface area contributed by atoms with Gasteiger partial charge in [-0.2, -0.15) is 16.8 Å². The molecule has 0 saturated carbocycles. The first kappa shape index (κ1) is 31.5. The van der Waals surface area contributed by atoms with Crippen molar-refractivity contribution in [1.29, 1.82) is 0 Å². The summed E-state index contributed by atoms with van der Waals surface area (Å²) in [7, 11) is -9.33. The van der Waals surface area contributed by atoms with Crippen molar-refractivity contribution in [3.8, 4) is 0 Å². The number of hydrogen-bond donors (Lipinski definition) is 4. The van der Waals surface area contributed by atoms with Gasteiger partial charge >= 0.3 is 50.4 Å². The average molecular weight is 390 g/mol. The van der Waals surface area contributed by atoms with Gasteiger partial charge in [-0.15, -0.1) is 0 Å². The third kappa shape index (κ3) is 103. The maximum Gasteiger partial charge on any atom is 1.00 e. The van der Waals surface area contributed by atoms with E-state index in [0.29, 0.717) is 0 Å². The normalized spacial score (nSPS) is 10.5. The summed E-state index contributed by atoms with van der Waals surface area (Å²) in [5.41, 5.74) is 0. The van der Waals surface area contributed by atoms with Crippen LogP contribution in [0.2, 0.25) is 0 Å². The molecule has 0 heterocycles. The summed E-state index contributed by atoms with van der Waals surface area (Å²) in [6.45, 7) is 4.56. The molecule has 0 bridgehead atoms. The molecule has 0 radical (unpaired) electrons. The first-order valence-electron chi connectivity index (χ1n) is 7.31. The van der Waals surface area contributed by atoms with E-state index in [1.54, 1.807) is 0 Å². The van der Waals surface area contributed by atoms with Crippen molar-refractivity contribution >= 4 is 20.8 Å². The van der Waals surface area contributed by atoms with E-state index in [9.17, 15) is 0 Å². The molecule has 0 aliphatic heterocycles. The second-order valence-electron chi connectivity index (χ2n) is 4.72. The summed E-state index contributed by atoms with van der Waals surface area (Å²) in [5, 5.41) is 0. The predicted molar refractivity (Wildman–Crippen MR) is 87.0 cm³/mol. The van der Waals surface area contributed by atoms with Gasteiger partial charge in [0.05, 0.1) is 0 Å². The SMILES string of the molecule is CCCCCCCCCCCC.O=S(=O)(O)O.O=S(=O)(O)O.[H-].[Na+]. The molecule has 0 spiro atoms. The summed E-state index contributed by atoms with van der Waals surface area (Å²) in [5.74, 6) is 0. The van der Waals surface area contributed by atoms with E-state index in [1.165, 1.54) is 64.2 Å². The van der Waals surface area contributed by atoms with E-state index in [1.807, 2.05) is 0 Å². The monoisotopic (exact) mass is 390 g/mol. The second kappa shape index (κ2) is 20.8. The summed E-state index contributed by atoms with van der Waals surface area (Å²) in [4.78, 5) is 0. The first-order valence-corrected chi connectivity index (χ1v) is 10.1. The molecule has 0 unspecified atom stereocenters. The zero-order chi connectivity index (χ0) is 18.1. The smallest absolute Gasteiger partial charge is 1.00 e. The molecule has 23 heavy (non-hydrogen) atoms. The van der Waals surface area contributed by atoms with Gasteiger partial charge in [0.1, 0.15) is 0 Å². The van der Waals surface area contributed by atoms with Crippen LogP contribution in [-0.4, -0.2) is 35.0 Å². The minimum atomic E-state index is -4.67. The summed E-state index contributed by atoms with van der Waals surface area (Å²) < 4.78 is 63.2. The Morgan fingerprint density at radius 2 is 0.696 bits per heavy atom. The maximum absolute atomic E-state index is 8.74. The Bertz CT molecular complexity index is 359. The van der Waals surface area contributed by atoms with Gasteiger partial charge in [0.2, 0.25) is 0 Å². The molecule has 0 aliphatic carbocycles. The molecule has 0 aliphatic rings. The van der Waals surface area contributed by atoms with E-state index in [-0.39, 0.29) is 31.0 Å². The molecule has 0 atom stereocenters. The fourth-order valence-corrected chi connectivity index (χ4v) is 1.56. The zero-order valence-corrected chi connectivity index (χ0v) is 17.9. The Labute approximate surface area is 164 Å². The summed E-state index contributed by atoms with van der Waals surface area (Å²) in [6.07, 6.45) is 14.4. The van der Waals surface area contributed by atoms with Crippen molar-refractivity contribution in [3.05, 3.63) is 0 Å². The van der Waals surface area contributed by atoms with Crippen LogP contribution in [0, 0.1) is 0 Å². The van der Waals surface area contributed by atoms with Crippen molar-refractivity contribution in [2.75, 3.05) is 0 Å².